The molecule has 0 saturated heterocycles. The number of rotatable bonds is 5. The highest BCUT2D eigenvalue weighted by atomic mass is 16.3. The van der Waals surface area contributed by atoms with E-state index in [0.717, 1.165) is 51.1 Å². The first kappa shape index (κ1) is 30.8. The molecule has 0 fully saturated rings. The maximum atomic E-state index is 6.60. The van der Waals surface area contributed by atoms with Gasteiger partial charge in [0.15, 0.2) is 5.58 Å². The van der Waals surface area contributed by atoms with Crippen molar-refractivity contribution in [3.8, 4) is 0 Å². The molecule has 1 aromatic heterocycles. The summed E-state index contributed by atoms with van der Waals surface area (Å²) in [6, 6.07) is 33.0. The lowest BCUT2D eigenvalue weighted by Crippen LogP contribution is -2.29. The first-order valence-electron chi connectivity index (χ1n) is 16.3. The smallest absolute Gasteiger partial charge is 0.159 e. The highest BCUT2D eigenvalue weighted by Gasteiger charge is 2.29. The normalized spacial score (nSPS) is 16.1. The quantitative estimate of drug-likeness (QED) is 0.219. The molecular formula is C42H48N2O. The van der Waals surface area contributed by atoms with E-state index in [4.69, 9.17) is 4.42 Å². The average Bonchev–Trinajstić information content (AvgIpc) is 3.36. The summed E-state index contributed by atoms with van der Waals surface area (Å²) in [5, 5.41) is 6.14. The van der Waals surface area contributed by atoms with E-state index in [1.54, 1.807) is 0 Å². The third kappa shape index (κ3) is 6.31. The second kappa shape index (κ2) is 11.3. The van der Waals surface area contributed by atoms with Crippen LogP contribution < -0.4 is 10.2 Å². The molecule has 0 radical (unpaired) electrons. The Balaban J connectivity index is 1.51. The largest absolute Gasteiger partial charge is 0.454 e. The molecule has 232 valence electrons. The van der Waals surface area contributed by atoms with E-state index in [0.29, 0.717) is 0 Å². The van der Waals surface area contributed by atoms with Crippen LogP contribution in [0.2, 0.25) is 0 Å². The molecule has 3 heteroatoms. The zero-order valence-corrected chi connectivity index (χ0v) is 28.5. The zero-order valence-electron chi connectivity index (χ0n) is 28.5. The minimum atomic E-state index is 0.0165. The van der Waals surface area contributed by atoms with E-state index < -0.39 is 0 Å². The van der Waals surface area contributed by atoms with E-state index in [-0.39, 0.29) is 22.3 Å². The third-order valence-corrected chi connectivity index (χ3v) is 9.07. The molecule has 3 nitrogen and oxygen atoms in total. The number of furan rings is 1. The molecule has 4 aromatic carbocycles. The summed E-state index contributed by atoms with van der Waals surface area (Å²) in [5.41, 5.74) is 10.5. The van der Waals surface area contributed by atoms with Gasteiger partial charge in [0.2, 0.25) is 0 Å². The van der Waals surface area contributed by atoms with Gasteiger partial charge in [0.25, 0.3) is 0 Å². The summed E-state index contributed by atoms with van der Waals surface area (Å²) in [6.07, 6.45) is 5.74. The van der Waals surface area contributed by atoms with Crippen LogP contribution in [-0.4, -0.2) is 6.04 Å². The molecule has 1 atom stereocenters. The Bertz CT molecular complexity index is 1880. The Morgan fingerprint density at radius 3 is 1.87 bits per heavy atom. The molecule has 0 aliphatic heterocycles. The fourth-order valence-electron chi connectivity index (χ4n) is 6.27. The molecule has 0 spiro atoms. The monoisotopic (exact) mass is 596 g/mol. The number of nitrogens with one attached hydrogen (secondary N) is 1. The van der Waals surface area contributed by atoms with Crippen LogP contribution in [0.15, 0.2) is 119 Å². The van der Waals surface area contributed by atoms with E-state index in [1.807, 2.05) is 6.07 Å². The van der Waals surface area contributed by atoms with Crippen molar-refractivity contribution in [2.45, 2.75) is 85.6 Å². The van der Waals surface area contributed by atoms with Gasteiger partial charge in [-0.2, -0.15) is 0 Å². The molecule has 5 aromatic rings. The fourth-order valence-corrected chi connectivity index (χ4v) is 6.27. The second-order valence-corrected chi connectivity index (χ2v) is 15.7. The molecule has 45 heavy (non-hydrogen) atoms. The lowest BCUT2D eigenvalue weighted by molar-refractivity contribution is 0.474. The molecule has 0 amide bonds. The minimum absolute atomic E-state index is 0.0165. The molecule has 6 rings (SSSR count). The minimum Gasteiger partial charge on any atom is -0.454 e. The van der Waals surface area contributed by atoms with Gasteiger partial charge in [-0.25, -0.2) is 0 Å². The molecule has 1 unspecified atom stereocenters. The van der Waals surface area contributed by atoms with Gasteiger partial charge in [-0.3, -0.25) is 0 Å². The van der Waals surface area contributed by atoms with Crippen molar-refractivity contribution < 1.29 is 4.42 Å². The molecule has 1 N–H and O–H groups in total. The van der Waals surface area contributed by atoms with Gasteiger partial charge in [0, 0.05) is 27.8 Å². The number of hydrogen-bond donors (Lipinski definition) is 1. The lowest BCUT2D eigenvalue weighted by atomic mass is 9.79. The molecule has 1 aliphatic rings. The number of anilines is 3. The Kier molecular flexibility index (Phi) is 7.72. The molecule has 1 aliphatic carbocycles. The summed E-state index contributed by atoms with van der Waals surface area (Å²) >= 11 is 0. The Morgan fingerprint density at radius 1 is 0.644 bits per heavy atom. The van der Waals surface area contributed by atoms with Crippen molar-refractivity contribution in [2.24, 2.45) is 5.41 Å². The van der Waals surface area contributed by atoms with Gasteiger partial charge in [-0.15, -0.1) is 0 Å². The van der Waals surface area contributed by atoms with Crippen LogP contribution in [0.1, 0.15) is 79.9 Å². The van der Waals surface area contributed by atoms with Crippen molar-refractivity contribution in [3.63, 3.8) is 0 Å². The van der Waals surface area contributed by atoms with Crippen molar-refractivity contribution in [2.75, 3.05) is 10.2 Å². The first-order chi connectivity index (χ1) is 21.2. The Hall–Kier alpha value is -4.24. The van der Waals surface area contributed by atoms with E-state index in [9.17, 15) is 0 Å². The molecule has 0 bridgehead atoms. The van der Waals surface area contributed by atoms with Crippen LogP contribution in [0.4, 0.5) is 17.1 Å². The third-order valence-electron chi connectivity index (χ3n) is 9.07. The number of allylic oxidation sites excluding steroid dienone is 1. The summed E-state index contributed by atoms with van der Waals surface area (Å²) in [5.74, 6) is 0. The van der Waals surface area contributed by atoms with Crippen LogP contribution in [0.5, 0.6) is 0 Å². The summed E-state index contributed by atoms with van der Waals surface area (Å²) in [6.45, 7) is 20.5. The zero-order chi connectivity index (χ0) is 32.1. The highest BCUT2D eigenvalue weighted by molar-refractivity contribution is 6.09. The summed E-state index contributed by atoms with van der Waals surface area (Å²) in [4.78, 5) is 2.39. The van der Waals surface area contributed by atoms with Crippen LogP contribution in [0.3, 0.4) is 0 Å². The van der Waals surface area contributed by atoms with E-state index >= 15 is 0 Å². The van der Waals surface area contributed by atoms with Gasteiger partial charge < -0.3 is 14.6 Å². The predicted molar refractivity (Wildman–Crippen MR) is 194 cm³/mol. The number of benzene rings is 4. The van der Waals surface area contributed by atoms with Gasteiger partial charge in [-0.1, -0.05) is 122 Å². The van der Waals surface area contributed by atoms with Crippen LogP contribution in [0, 0.1) is 5.41 Å². The molecule has 1 heterocycles. The first-order valence-corrected chi connectivity index (χ1v) is 16.3. The van der Waals surface area contributed by atoms with Crippen LogP contribution >= 0.6 is 0 Å². The summed E-state index contributed by atoms with van der Waals surface area (Å²) in [7, 11) is 0. The lowest BCUT2D eigenvalue weighted by Gasteiger charge is -2.35. The number of para-hydroxylation sites is 2. The maximum absolute atomic E-state index is 6.60. The highest BCUT2D eigenvalue weighted by Crippen LogP contribution is 2.43. The van der Waals surface area contributed by atoms with Crippen molar-refractivity contribution >= 4 is 39.0 Å². The van der Waals surface area contributed by atoms with Gasteiger partial charge in [0.1, 0.15) is 5.58 Å². The van der Waals surface area contributed by atoms with Crippen LogP contribution in [-0.2, 0) is 10.8 Å². The van der Waals surface area contributed by atoms with Crippen molar-refractivity contribution in [1.82, 2.24) is 0 Å². The van der Waals surface area contributed by atoms with Gasteiger partial charge in [0.05, 0.1) is 11.7 Å². The van der Waals surface area contributed by atoms with Crippen molar-refractivity contribution in [1.29, 1.82) is 0 Å². The molecular weight excluding hydrogens is 548 g/mol. The fraction of sp³-hybridized carbons (Fsp3) is 0.333. The predicted octanol–water partition coefficient (Wildman–Crippen LogP) is 12.1. The van der Waals surface area contributed by atoms with Crippen LogP contribution in [0.25, 0.3) is 21.9 Å². The summed E-state index contributed by atoms with van der Waals surface area (Å²) < 4.78 is 6.60. The Labute approximate surface area is 269 Å². The topological polar surface area (TPSA) is 28.4 Å². The van der Waals surface area contributed by atoms with E-state index in [1.165, 1.54) is 16.7 Å². The molecule has 0 saturated carbocycles. The average molecular weight is 597 g/mol. The Morgan fingerprint density at radius 2 is 1.24 bits per heavy atom. The van der Waals surface area contributed by atoms with Gasteiger partial charge >= 0.3 is 0 Å². The number of hydrogen-bond acceptors (Lipinski definition) is 3. The maximum Gasteiger partial charge on any atom is 0.159 e. The number of nitrogens with zero attached hydrogens (tertiary/aromatic N) is 1. The number of fused-ring (bicyclic) bond motifs is 3. The van der Waals surface area contributed by atoms with E-state index in [2.05, 4.69) is 170 Å². The van der Waals surface area contributed by atoms with Gasteiger partial charge in [-0.05, 0) is 82.3 Å². The van der Waals surface area contributed by atoms with Crippen molar-refractivity contribution in [3.05, 3.63) is 126 Å². The standard InChI is InChI=1S/C42H48N2O/c1-40(2,3)28-17-21-31(22-18-28)43-32-25-30(42(7,8)9)26-34(27-32)44(33-23-19-29(20-24-33)41(4,5)6)37-15-12-14-36-35-13-10-11-16-38(35)45-39(36)37/h10-24,26-27,32,43H,25H2,1-9H3. The second-order valence-electron chi connectivity index (χ2n) is 15.7. The SMILES string of the molecule is CC(C)(C)C1=CC(N(c2ccc(C(C)(C)C)cc2)c2cccc3c2oc2ccccc23)=CC(Nc2ccc(C(C)(C)C)cc2)C1.